The molecule has 3 aromatic carbocycles. The van der Waals surface area contributed by atoms with Gasteiger partial charge in [0.05, 0.1) is 25.2 Å². The molecule has 7 nitrogen and oxygen atoms in total. The summed E-state index contributed by atoms with van der Waals surface area (Å²) in [5, 5.41) is 10.3. The van der Waals surface area contributed by atoms with E-state index < -0.39 is 11.9 Å². The standard InChI is InChI=1S/C28H25ClN2O5/c1-16(2)15-34-23-10-7-17(12-25(23)33-3)26-21-9-8-20(13-24(21)36-27(31)22(26)14-30)35-28(32)18-5-4-6-19(29)11-18/h4-13,16,26H,15,31H2,1-3H3. The Morgan fingerprint density at radius 1 is 1.14 bits per heavy atom. The van der Waals surface area contributed by atoms with Crippen molar-refractivity contribution in [1.29, 1.82) is 5.26 Å². The number of hydrogen-bond donors (Lipinski definition) is 1. The summed E-state index contributed by atoms with van der Waals surface area (Å²) in [6.07, 6.45) is 0. The quantitative estimate of drug-likeness (QED) is 0.319. The largest absolute Gasteiger partial charge is 0.493 e. The van der Waals surface area contributed by atoms with Gasteiger partial charge in [0.15, 0.2) is 11.5 Å². The van der Waals surface area contributed by atoms with Crippen molar-refractivity contribution >= 4 is 17.6 Å². The number of benzene rings is 3. The number of nitrogens with zero attached hydrogens (tertiary/aromatic N) is 1. The lowest BCUT2D eigenvalue weighted by Crippen LogP contribution is -2.21. The van der Waals surface area contributed by atoms with Crippen molar-refractivity contribution in [1.82, 2.24) is 0 Å². The van der Waals surface area contributed by atoms with Crippen LogP contribution in [0.5, 0.6) is 23.0 Å². The van der Waals surface area contributed by atoms with Gasteiger partial charge in [0.2, 0.25) is 5.88 Å². The topological polar surface area (TPSA) is 104 Å². The molecule has 0 aliphatic carbocycles. The third kappa shape index (κ3) is 5.24. The minimum Gasteiger partial charge on any atom is -0.493 e. The molecule has 0 radical (unpaired) electrons. The van der Waals surface area contributed by atoms with Gasteiger partial charge in [-0.2, -0.15) is 5.26 Å². The molecule has 0 saturated heterocycles. The zero-order valence-electron chi connectivity index (χ0n) is 20.1. The van der Waals surface area contributed by atoms with E-state index in [0.717, 1.165) is 5.56 Å². The molecule has 0 fully saturated rings. The Labute approximate surface area is 214 Å². The fraction of sp³-hybridized carbons (Fsp3) is 0.214. The average Bonchev–Trinajstić information content (AvgIpc) is 2.86. The minimum absolute atomic E-state index is 0.0209. The molecular weight excluding hydrogens is 480 g/mol. The fourth-order valence-electron chi connectivity index (χ4n) is 3.86. The fourth-order valence-corrected chi connectivity index (χ4v) is 4.05. The summed E-state index contributed by atoms with van der Waals surface area (Å²) >= 11 is 5.98. The third-order valence-corrected chi connectivity index (χ3v) is 5.79. The van der Waals surface area contributed by atoms with Crippen LogP contribution < -0.4 is 24.7 Å². The van der Waals surface area contributed by atoms with Crippen molar-refractivity contribution in [3.8, 4) is 29.1 Å². The number of carbonyl (C=O) groups excluding carboxylic acids is 1. The molecule has 1 unspecified atom stereocenters. The van der Waals surface area contributed by atoms with Gasteiger partial charge in [-0.05, 0) is 47.9 Å². The number of ether oxygens (including phenoxy) is 4. The summed E-state index contributed by atoms with van der Waals surface area (Å²) in [5.41, 5.74) is 8.18. The Balaban J connectivity index is 1.68. The summed E-state index contributed by atoms with van der Waals surface area (Å²) in [6.45, 7) is 4.67. The highest BCUT2D eigenvalue weighted by Gasteiger charge is 2.32. The first kappa shape index (κ1) is 25.0. The highest BCUT2D eigenvalue weighted by molar-refractivity contribution is 6.30. The number of methoxy groups -OCH3 is 1. The van der Waals surface area contributed by atoms with Gasteiger partial charge in [0.1, 0.15) is 23.1 Å². The zero-order chi connectivity index (χ0) is 25.8. The van der Waals surface area contributed by atoms with Crippen LogP contribution >= 0.6 is 11.6 Å². The molecule has 0 spiro atoms. The van der Waals surface area contributed by atoms with E-state index in [1.54, 1.807) is 43.5 Å². The van der Waals surface area contributed by atoms with Crippen molar-refractivity contribution in [3.05, 3.63) is 93.8 Å². The molecule has 0 saturated carbocycles. The van der Waals surface area contributed by atoms with Crippen molar-refractivity contribution in [2.75, 3.05) is 13.7 Å². The Bertz CT molecular complexity index is 1380. The molecule has 1 atom stereocenters. The van der Waals surface area contributed by atoms with Gasteiger partial charge in [-0.25, -0.2) is 4.79 Å². The summed E-state index contributed by atoms with van der Waals surface area (Å²) < 4.78 is 22.7. The van der Waals surface area contributed by atoms with Gasteiger partial charge in [-0.3, -0.25) is 0 Å². The normalized spacial score (nSPS) is 14.5. The van der Waals surface area contributed by atoms with Gasteiger partial charge in [0.25, 0.3) is 0 Å². The Kier molecular flexibility index (Phi) is 7.37. The van der Waals surface area contributed by atoms with Crippen LogP contribution in [0, 0.1) is 17.2 Å². The van der Waals surface area contributed by atoms with Crippen LogP contribution in [0.2, 0.25) is 5.02 Å². The molecule has 36 heavy (non-hydrogen) atoms. The molecule has 2 N–H and O–H groups in total. The molecule has 3 aromatic rings. The van der Waals surface area contributed by atoms with Crippen LogP contribution in [0.25, 0.3) is 0 Å². The molecule has 184 valence electrons. The molecular formula is C28H25ClN2O5. The first-order valence-electron chi connectivity index (χ1n) is 11.3. The molecule has 1 aliphatic heterocycles. The van der Waals surface area contributed by atoms with Gasteiger partial charge in [-0.1, -0.05) is 43.6 Å². The summed E-state index contributed by atoms with van der Waals surface area (Å²) in [7, 11) is 1.56. The van der Waals surface area contributed by atoms with Crippen molar-refractivity contribution in [3.63, 3.8) is 0 Å². The number of esters is 1. The molecule has 0 amide bonds. The maximum absolute atomic E-state index is 12.6. The van der Waals surface area contributed by atoms with Crippen LogP contribution in [0.3, 0.4) is 0 Å². The molecule has 1 aliphatic rings. The zero-order valence-corrected chi connectivity index (χ0v) is 20.8. The molecule has 0 bridgehead atoms. The lowest BCUT2D eigenvalue weighted by Gasteiger charge is -2.27. The van der Waals surface area contributed by atoms with Gasteiger partial charge < -0.3 is 24.7 Å². The number of allylic oxidation sites excluding steroid dienone is 1. The molecule has 1 heterocycles. The van der Waals surface area contributed by atoms with Crippen molar-refractivity contribution in [2.45, 2.75) is 19.8 Å². The number of rotatable bonds is 7. The molecule has 0 aromatic heterocycles. The second-order valence-corrected chi connectivity index (χ2v) is 9.08. The Morgan fingerprint density at radius 2 is 1.94 bits per heavy atom. The summed E-state index contributed by atoms with van der Waals surface area (Å²) in [5.74, 6) is 1.06. The summed E-state index contributed by atoms with van der Waals surface area (Å²) in [4.78, 5) is 12.6. The van der Waals surface area contributed by atoms with E-state index in [-0.39, 0.29) is 17.2 Å². The van der Waals surface area contributed by atoms with Crippen molar-refractivity contribution < 1.29 is 23.7 Å². The first-order valence-corrected chi connectivity index (χ1v) is 11.7. The summed E-state index contributed by atoms with van der Waals surface area (Å²) in [6, 6.07) is 19.1. The average molecular weight is 505 g/mol. The SMILES string of the molecule is COc1cc(C2C(C#N)=C(N)Oc3cc(OC(=O)c4cccc(Cl)c4)ccc32)ccc1OCC(C)C. The lowest BCUT2D eigenvalue weighted by atomic mass is 9.83. The highest BCUT2D eigenvalue weighted by Crippen LogP contribution is 2.45. The van der Waals surface area contributed by atoms with E-state index in [1.165, 1.54) is 6.07 Å². The number of hydrogen-bond acceptors (Lipinski definition) is 7. The molecule has 8 heteroatoms. The van der Waals surface area contributed by atoms with Crippen LogP contribution in [-0.4, -0.2) is 19.7 Å². The monoisotopic (exact) mass is 504 g/mol. The van der Waals surface area contributed by atoms with E-state index in [9.17, 15) is 10.1 Å². The Hall–Kier alpha value is -4.15. The van der Waals surface area contributed by atoms with Crippen LogP contribution in [0.1, 0.15) is 41.3 Å². The number of nitriles is 1. The lowest BCUT2D eigenvalue weighted by molar-refractivity contribution is 0.0734. The van der Waals surface area contributed by atoms with Crippen LogP contribution in [-0.2, 0) is 0 Å². The molecule has 4 rings (SSSR count). The van der Waals surface area contributed by atoms with Crippen LogP contribution in [0.15, 0.2) is 72.1 Å². The van der Waals surface area contributed by atoms with E-state index in [1.807, 2.05) is 18.2 Å². The predicted octanol–water partition coefficient (Wildman–Crippen LogP) is 5.82. The van der Waals surface area contributed by atoms with Gasteiger partial charge in [-0.15, -0.1) is 0 Å². The van der Waals surface area contributed by atoms with E-state index in [0.29, 0.717) is 45.9 Å². The number of fused-ring (bicyclic) bond motifs is 1. The van der Waals surface area contributed by atoms with Gasteiger partial charge >= 0.3 is 5.97 Å². The third-order valence-electron chi connectivity index (χ3n) is 5.55. The maximum atomic E-state index is 12.6. The second-order valence-electron chi connectivity index (χ2n) is 8.64. The highest BCUT2D eigenvalue weighted by atomic mass is 35.5. The van der Waals surface area contributed by atoms with Crippen molar-refractivity contribution in [2.24, 2.45) is 11.7 Å². The van der Waals surface area contributed by atoms with Crippen LogP contribution in [0.4, 0.5) is 0 Å². The first-order chi connectivity index (χ1) is 17.3. The number of halogens is 1. The number of carbonyl (C=O) groups is 1. The maximum Gasteiger partial charge on any atom is 0.343 e. The second kappa shape index (κ2) is 10.6. The Morgan fingerprint density at radius 3 is 2.64 bits per heavy atom. The van der Waals surface area contributed by atoms with E-state index in [2.05, 4.69) is 19.9 Å². The minimum atomic E-state index is -0.562. The van der Waals surface area contributed by atoms with E-state index >= 15 is 0 Å². The van der Waals surface area contributed by atoms with Gasteiger partial charge in [0, 0.05) is 16.7 Å². The smallest absolute Gasteiger partial charge is 0.343 e. The number of nitrogens with two attached hydrogens (primary N) is 1. The van der Waals surface area contributed by atoms with E-state index in [4.69, 9.17) is 36.3 Å². The predicted molar refractivity (Wildman–Crippen MR) is 135 cm³/mol.